The summed E-state index contributed by atoms with van der Waals surface area (Å²) in [5, 5.41) is 8.57. The van der Waals surface area contributed by atoms with E-state index in [-0.39, 0.29) is 11.7 Å². The number of carbonyl (C=O) groups excluding carboxylic acids is 1. The molecule has 0 fully saturated rings. The van der Waals surface area contributed by atoms with Crippen molar-refractivity contribution in [3.63, 3.8) is 0 Å². The van der Waals surface area contributed by atoms with E-state index in [1.807, 2.05) is 30.3 Å². The van der Waals surface area contributed by atoms with Crippen LogP contribution in [0.5, 0.6) is 0 Å². The smallest absolute Gasteiger partial charge is 0.284 e. The van der Waals surface area contributed by atoms with Gasteiger partial charge in [-0.25, -0.2) is 0 Å². The SMILES string of the molecule is CC(=O)c1nnc(-c2cc3ccccc3[nH]2)o1. The van der Waals surface area contributed by atoms with Gasteiger partial charge < -0.3 is 9.40 Å². The molecule has 0 saturated heterocycles. The first kappa shape index (κ1) is 9.77. The van der Waals surface area contributed by atoms with Crippen molar-refractivity contribution >= 4 is 16.7 Å². The molecular weight excluding hydrogens is 218 g/mol. The van der Waals surface area contributed by atoms with Gasteiger partial charge in [-0.15, -0.1) is 10.2 Å². The summed E-state index contributed by atoms with van der Waals surface area (Å²) >= 11 is 0. The molecule has 0 aliphatic carbocycles. The van der Waals surface area contributed by atoms with E-state index in [0.29, 0.717) is 11.6 Å². The quantitative estimate of drug-likeness (QED) is 0.682. The second kappa shape index (κ2) is 3.55. The Morgan fingerprint density at radius 3 is 2.82 bits per heavy atom. The number of para-hydroxylation sites is 1. The van der Waals surface area contributed by atoms with Crippen LogP contribution in [0.1, 0.15) is 17.6 Å². The fraction of sp³-hybridized carbons (Fsp3) is 0.0833. The topological polar surface area (TPSA) is 71.8 Å². The third-order valence-electron chi connectivity index (χ3n) is 2.49. The molecule has 0 unspecified atom stereocenters. The fourth-order valence-electron chi connectivity index (χ4n) is 1.66. The van der Waals surface area contributed by atoms with Crippen LogP contribution in [-0.2, 0) is 0 Å². The number of aromatic amines is 1. The highest BCUT2D eigenvalue weighted by Gasteiger charge is 2.13. The highest BCUT2D eigenvalue weighted by atomic mass is 16.4. The van der Waals surface area contributed by atoms with E-state index in [1.54, 1.807) is 0 Å². The van der Waals surface area contributed by atoms with Gasteiger partial charge >= 0.3 is 0 Å². The molecule has 1 aromatic carbocycles. The van der Waals surface area contributed by atoms with Gasteiger partial charge in [0.05, 0.1) is 0 Å². The summed E-state index contributed by atoms with van der Waals surface area (Å²) in [6.07, 6.45) is 0. The van der Waals surface area contributed by atoms with Crippen LogP contribution in [0.4, 0.5) is 0 Å². The van der Waals surface area contributed by atoms with Crippen molar-refractivity contribution < 1.29 is 9.21 Å². The molecule has 0 saturated carbocycles. The van der Waals surface area contributed by atoms with Crippen LogP contribution in [0.25, 0.3) is 22.5 Å². The minimum Gasteiger partial charge on any atom is -0.412 e. The number of carbonyl (C=O) groups is 1. The first-order valence-corrected chi connectivity index (χ1v) is 5.16. The molecule has 1 N–H and O–H groups in total. The molecule has 3 rings (SSSR count). The lowest BCUT2D eigenvalue weighted by Crippen LogP contribution is -1.90. The molecule has 2 aromatic heterocycles. The van der Waals surface area contributed by atoms with Crippen LogP contribution in [0.15, 0.2) is 34.7 Å². The molecule has 5 nitrogen and oxygen atoms in total. The number of nitrogens with one attached hydrogen (secondary N) is 1. The number of ketones is 1. The second-order valence-electron chi connectivity index (χ2n) is 3.74. The lowest BCUT2D eigenvalue weighted by molar-refractivity contribution is 0.0981. The summed E-state index contributed by atoms with van der Waals surface area (Å²) in [6.45, 7) is 1.39. The van der Waals surface area contributed by atoms with Gasteiger partial charge in [0, 0.05) is 17.8 Å². The largest absolute Gasteiger partial charge is 0.412 e. The number of fused-ring (bicyclic) bond motifs is 1. The fourth-order valence-corrected chi connectivity index (χ4v) is 1.66. The number of benzene rings is 1. The lowest BCUT2D eigenvalue weighted by Gasteiger charge is -1.86. The van der Waals surface area contributed by atoms with Crippen LogP contribution < -0.4 is 0 Å². The summed E-state index contributed by atoms with van der Waals surface area (Å²) in [7, 11) is 0. The van der Waals surface area contributed by atoms with Gasteiger partial charge in [-0.3, -0.25) is 4.79 Å². The number of H-pyrrole nitrogens is 1. The zero-order valence-electron chi connectivity index (χ0n) is 9.10. The lowest BCUT2D eigenvalue weighted by atomic mass is 10.2. The predicted molar refractivity (Wildman–Crippen MR) is 61.6 cm³/mol. The number of Topliss-reactive ketones (excluding diaryl/α,β-unsaturated/α-hetero) is 1. The van der Waals surface area contributed by atoms with Crippen LogP contribution >= 0.6 is 0 Å². The molecule has 0 bridgehead atoms. The molecule has 3 aromatic rings. The molecular formula is C12H9N3O2. The highest BCUT2D eigenvalue weighted by molar-refractivity contribution is 5.89. The van der Waals surface area contributed by atoms with E-state index in [0.717, 1.165) is 10.9 Å². The average molecular weight is 227 g/mol. The summed E-state index contributed by atoms with van der Waals surface area (Å²) in [4.78, 5) is 14.2. The van der Waals surface area contributed by atoms with Crippen molar-refractivity contribution in [3.05, 3.63) is 36.2 Å². The van der Waals surface area contributed by atoms with Crippen molar-refractivity contribution in [3.8, 4) is 11.6 Å². The Morgan fingerprint density at radius 2 is 2.12 bits per heavy atom. The highest BCUT2D eigenvalue weighted by Crippen LogP contribution is 2.22. The third-order valence-corrected chi connectivity index (χ3v) is 2.49. The van der Waals surface area contributed by atoms with Gasteiger partial charge in [-0.1, -0.05) is 18.2 Å². The molecule has 0 radical (unpaired) electrons. The third kappa shape index (κ3) is 1.61. The molecule has 17 heavy (non-hydrogen) atoms. The van der Waals surface area contributed by atoms with Crippen molar-refractivity contribution in [2.45, 2.75) is 6.92 Å². The normalized spacial score (nSPS) is 10.9. The molecule has 0 aliphatic heterocycles. The van der Waals surface area contributed by atoms with Crippen molar-refractivity contribution in [2.24, 2.45) is 0 Å². The molecule has 5 heteroatoms. The Labute approximate surface area is 96.5 Å². The van der Waals surface area contributed by atoms with E-state index in [4.69, 9.17) is 4.42 Å². The van der Waals surface area contributed by atoms with Crippen molar-refractivity contribution in [2.75, 3.05) is 0 Å². The summed E-state index contributed by atoms with van der Waals surface area (Å²) in [5.74, 6) is 0.116. The number of hydrogen-bond donors (Lipinski definition) is 1. The Morgan fingerprint density at radius 1 is 1.29 bits per heavy atom. The maximum absolute atomic E-state index is 11.1. The van der Waals surface area contributed by atoms with Gasteiger partial charge in [0.2, 0.25) is 5.78 Å². The number of rotatable bonds is 2. The van der Waals surface area contributed by atoms with Crippen LogP contribution in [-0.4, -0.2) is 21.0 Å². The number of nitrogens with zero attached hydrogens (tertiary/aromatic N) is 2. The maximum Gasteiger partial charge on any atom is 0.284 e. The number of aromatic nitrogens is 3. The predicted octanol–water partition coefficient (Wildman–Crippen LogP) is 2.42. The molecule has 0 amide bonds. The molecule has 0 atom stereocenters. The zero-order valence-corrected chi connectivity index (χ0v) is 9.10. The van der Waals surface area contributed by atoms with E-state index in [2.05, 4.69) is 15.2 Å². The second-order valence-corrected chi connectivity index (χ2v) is 3.74. The van der Waals surface area contributed by atoms with Crippen LogP contribution in [0.3, 0.4) is 0 Å². The van der Waals surface area contributed by atoms with Crippen molar-refractivity contribution in [1.29, 1.82) is 0 Å². The van der Waals surface area contributed by atoms with Gasteiger partial charge in [-0.2, -0.15) is 0 Å². The van der Waals surface area contributed by atoms with Crippen LogP contribution in [0, 0.1) is 0 Å². The van der Waals surface area contributed by atoms with Crippen LogP contribution in [0.2, 0.25) is 0 Å². The standard InChI is InChI=1S/C12H9N3O2/c1-7(16)11-14-15-12(17-11)10-6-8-4-2-3-5-9(8)13-10/h2-6,13H,1H3. The summed E-state index contributed by atoms with van der Waals surface area (Å²) in [5.41, 5.74) is 1.70. The first-order valence-electron chi connectivity index (χ1n) is 5.16. The minimum absolute atomic E-state index is 0.0265. The zero-order chi connectivity index (χ0) is 11.8. The Kier molecular flexibility index (Phi) is 2.04. The van der Waals surface area contributed by atoms with Crippen molar-refractivity contribution in [1.82, 2.24) is 15.2 Å². The van der Waals surface area contributed by atoms with Gasteiger partial charge in [0.25, 0.3) is 11.8 Å². The average Bonchev–Trinajstić information content (AvgIpc) is 2.95. The molecule has 84 valence electrons. The van der Waals surface area contributed by atoms with Gasteiger partial charge in [0.15, 0.2) is 0 Å². The number of hydrogen-bond acceptors (Lipinski definition) is 4. The molecule has 0 spiro atoms. The minimum atomic E-state index is -0.236. The van der Waals surface area contributed by atoms with E-state index < -0.39 is 0 Å². The Bertz CT molecular complexity index is 663. The van der Waals surface area contributed by atoms with E-state index in [1.165, 1.54) is 6.92 Å². The van der Waals surface area contributed by atoms with E-state index >= 15 is 0 Å². The van der Waals surface area contributed by atoms with E-state index in [9.17, 15) is 4.79 Å². The monoisotopic (exact) mass is 227 g/mol. The summed E-state index contributed by atoms with van der Waals surface area (Å²) in [6, 6.07) is 9.75. The molecule has 0 aliphatic rings. The van der Waals surface area contributed by atoms with Gasteiger partial charge in [-0.05, 0) is 12.1 Å². The maximum atomic E-state index is 11.1. The first-order chi connectivity index (χ1) is 8.24. The Balaban J connectivity index is 2.10. The molecule has 2 heterocycles. The van der Waals surface area contributed by atoms with Gasteiger partial charge in [0.1, 0.15) is 5.69 Å². The Hall–Kier alpha value is -2.43. The summed E-state index contributed by atoms with van der Waals surface area (Å²) < 4.78 is 5.26.